The molecule has 2 fully saturated rings. The molecule has 178 valence electrons. The molecule has 0 radical (unpaired) electrons. The van der Waals surface area contributed by atoms with Crippen molar-refractivity contribution in [1.29, 1.82) is 0 Å². The normalized spacial score (nSPS) is 21.4. The Balaban J connectivity index is 1.24. The summed E-state index contributed by atoms with van der Waals surface area (Å²) in [4.78, 5) is 11.5. The minimum absolute atomic E-state index is 0.191. The lowest BCUT2D eigenvalue weighted by Crippen LogP contribution is -2.53. The molecule has 0 unspecified atom stereocenters. The minimum atomic E-state index is -0.312. The maximum atomic E-state index is 15.0. The number of ether oxygens (including phenoxy) is 1. The first kappa shape index (κ1) is 21.5. The van der Waals surface area contributed by atoms with E-state index in [4.69, 9.17) is 4.74 Å². The fourth-order valence-corrected chi connectivity index (χ4v) is 5.42. The molecule has 0 amide bonds. The minimum Gasteiger partial charge on any atom is -0.379 e. The largest absolute Gasteiger partial charge is 0.379 e. The quantitative estimate of drug-likeness (QED) is 0.482. The maximum Gasteiger partial charge on any atom is 0.241 e. The Hall–Kier alpha value is -3.04. The fraction of sp³-hybridized carbons (Fsp3) is 0.480. The van der Waals surface area contributed by atoms with Crippen molar-refractivity contribution in [2.75, 3.05) is 31.6 Å². The number of benzene rings is 1. The highest BCUT2D eigenvalue weighted by atomic mass is 19.1. The van der Waals surface area contributed by atoms with Crippen LogP contribution in [0, 0.1) is 12.7 Å². The van der Waals surface area contributed by atoms with E-state index in [1.807, 2.05) is 36.0 Å². The Kier molecular flexibility index (Phi) is 5.26. The van der Waals surface area contributed by atoms with Gasteiger partial charge in [-0.05, 0) is 57.4 Å². The van der Waals surface area contributed by atoms with Crippen molar-refractivity contribution >= 4 is 22.5 Å². The standard InChI is InChI=1S/C25H30FN7O/c1-15(2)33-16(3)28-24-21(26)10-17(11-22(24)33)20-4-5-32-23(20)14-27-25(30-32)29-18-12-19(13-18)31-6-8-34-9-7-31/h4-5,10-11,14-15,18-19H,6-9,12-13H2,1-3H3,(H,29,30)/t18-,19-. The molecule has 1 aliphatic heterocycles. The van der Waals surface area contributed by atoms with Gasteiger partial charge < -0.3 is 14.6 Å². The van der Waals surface area contributed by atoms with E-state index in [0.717, 1.165) is 67.1 Å². The van der Waals surface area contributed by atoms with Crippen LogP contribution in [-0.4, -0.2) is 67.4 Å². The first-order chi connectivity index (χ1) is 16.5. The van der Waals surface area contributed by atoms with Crippen LogP contribution in [0.2, 0.25) is 0 Å². The Morgan fingerprint density at radius 2 is 1.94 bits per heavy atom. The van der Waals surface area contributed by atoms with Crippen molar-refractivity contribution in [3.05, 3.63) is 42.2 Å². The Morgan fingerprint density at radius 1 is 1.15 bits per heavy atom. The van der Waals surface area contributed by atoms with Crippen molar-refractivity contribution in [2.45, 2.75) is 51.7 Å². The van der Waals surface area contributed by atoms with Gasteiger partial charge in [0.25, 0.3) is 0 Å². The molecule has 0 atom stereocenters. The zero-order chi connectivity index (χ0) is 23.4. The second-order valence-corrected chi connectivity index (χ2v) is 9.70. The number of aromatic nitrogens is 5. The van der Waals surface area contributed by atoms with Gasteiger partial charge in [0.2, 0.25) is 5.95 Å². The van der Waals surface area contributed by atoms with Crippen LogP contribution in [0.4, 0.5) is 10.3 Å². The summed E-state index contributed by atoms with van der Waals surface area (Å²) in [6.45, 7) is 9.80. The van der Waals surface area contributed by atoms with E-state index >= 15 is 0 Å². The van der Waals surface area contributed by atoms with Crippen LogP contribution >= 0.6 is 0 Å². The number of halogens is 1. The van der Waals surface area contributed by atoms with E-state index in [1.165, 1.54) is 0 Å². The van der Waals surface area contributed by atoms with E-state index in [-0.39, 0.29) is 11.9 Å². The summed E-state index contributed by atoms with van der Waals surface area (Å²) in [5, 5.41) is 8.14. The zero-order valence-electron chi connectivity index (χ0n) is 19.8. The van der Waals surface area contributed by atoms with E-state index in [0.29, 0.717) is 23.5 Å². The van der Waals surface area contributed by atoms with Crippen LogP contribution in [-0.2, 0) is 4.74 Å². The second kappa shape index (κ2) is 8.32. The molecule has 4 aromatic rings. The van der Waals surface area contributed by atoms with Gasteiger partial charge in [-0.25, -0.2) is 18.9 Å². The number of hydrogen-bond donors (Lipinski definition) is 1. The molecule has 8 nitrogen and oxygen atoms in total. The predicted octanol–water partition coefficient (Wildman–Crippen LogP) is 4.05. The molecule has 0 spiro atoms. The van der Waals surface area contributed by atoms with Gasteiger partial charge in [0.05, 0.1) is 30.4 Å². The third-order valence-electron chi connectivity index (χ3n) is 7.18. The predicted molar refractivity (Wildman–Crippen MR) is 130 cm³/mol. The Labute approximate surface area is 197 Å². The number of aryl methyl sites for hydroxylation is 1. The van der Waals surface area contributed by atoms with Gasteiger partial charge in [0, 0.05) is 43.0 Å². The number of nitrogens with one attached hydrogen (secondary N) is 1. The molecule has 4 heterocycles. The first-order valence-corrected chi connectivity index (χ1v) is 12.1. The van der Waals surface area contributed by atoms with Gasteiger partial charge in [-0.1, -0.05) is 0 Å². The molecular weight excluding hydrogens is 433 g/mol. The van der Waals surface area contributed by atoms with Crippen molar-refractivity contribution in [3.8, 4) is 11.1 Å². The summed E-state index contributed by atoms with van der Waals surface area (Å²) in [5.41, 5.74) is 3.76. The number of rotatable bonds is 5. The molecule has 3 aromatic heterocycles. The van der Waals surface area contributed by atoms with Crippen LogP contribution in [0.3, 0.4) is 0 Å². The van der Waals surface area contributed by atoms with Crippen LogP contribution < -0.4 is 5.32 Å². The molecule has 1 saturated carbocycles. The van der Waals surface area contributed by atoms with Gasteiger partial charge in [-0.3, -0.25) is 4.90 Å². The summed E-state index contributed by atoms with van der Waals surface area (Å²) < 4.78 is 24.3. The summed E-state index contributed by atoms with van der Waals surface area (Å²) in [7, 11) is 0. The Bertz CT molecular complexity index is 1350. The van der Waals surface area contributed by atoms with E-state index < -0.39 is 0 Å². The number of nitrogens with zero attached hydrogens (tertiary/aromatic N) is 6. The first-order valence-electron chi connectivity index (χ1n) is 12.1. The summed E-state index contributed by atoms with van der Waals surface area (Å²) >= 11 is 0. The summed E-state index contributed by atoms with van der Waals surface area (Å²) in [5.74, 6) is 1.12. The van der Waals surface area contributed by atoms with Crippen molar-refractivity contribution < 1.29 is 9.13 Å². The highest BCUT2D eigenvalue weighted by Crippen LogP contribution is 2.32. The number of fused-ring (bicyclic) bond motifs is 2. The molecule has 34 heavy (non-hydrogen) atoms. The van der Waals surface area contributed by atoms with Crippen molar-refractivity contribution in [3.63, 3.8) is 0 Å². The molecule has 1 saturated heterocycles. The lowest BCUT2D eigenvalue weighted by Gasteiger charge is -2.44. The zero-order valence-corrected chi connectivity index (χ0v) is 19.8. The van der Waals surface area contributed by atoms with E-state index in [2.05, 4.69) is 43.7 Å². The molecule has 1 aliphatic carbocycles. The number of hydrogen-bond acceptors (Lipinski definition) is 6. The number of anilines is 1. The molecular formula is C25H30FN7O. The molecule has 1 N–H and O–H groups in total. The molecule has 9 heteroatoms. The monoisotopic (exact) mass is 463 g/mol. The second-order valence-electron chi connectivity index (χ2n) is 9.70. The van der Waals surface area contributed by atoms with Crippen LogP contribution in [0.5, 0.6) is 0 Å². The highest BCUT2D eigenvalue weighted by Gasteiger charge is 2.34. The van der Waals surface area contributed by atoms with Crippen molar-refractivity contribution in [2.24, 2.45) is 0 Å². The van der Waals surface area contributed by atoms with Gasteiger partial charge in [0.1, 0.15) is 11.3 Å². The summed E-state index contributed by atoms with van der Waals surface area (Å²) in [6, 6.07) is 6.74. The number of imidazole rings is 1. The van der Waals surface area contributed by atoms with Crippen LogP contribution in [0.1, 0.15) is 38.6 Å². The third-order valence-corrected chi connectivity index (χ3v) is 7.18. The van der Waals surface area contributed by atoms with E-state index in [1.54, 1.807) is 6.07 Å². The Morgan fingerprint density at radius 3 is 2.71 bits per heavy atom. The van der Waals surface area contributed by atoms with Crippen molar-refractivity contribution in [1.82, 2.24) is 29.0 Å². The third kappa shape index (κ3) is 3.63. The SMILES string of the molecule is Cc1nc2c(F)cc(-c3ccn4nc(N[C@H]5C[C@H](N6CCOCC6)C5)ncc34)cc2n1C(C)C. The number of morpholine rings is 1. The summed E-state index contributed by atoms with van der Waals surface area (Å²) in [6.07, 6.45) is 5.92. The van der Waals surface area contributed by atoms with Gasteiger partial charge >= 0.3 is 0 Å². The van der Waals surface area contributed by atoms with E-state index in [9.17, 15) is 4.39 Å². The fourth-order valence-electron chi connectivity index (χ4n) is 5.42. The van der Waals surface area contributed by atoms with Gasteiger partial charge in [0.15, 0.2) is 5.82 Å². The van der Waals surface area contributed by atoms with Gasteiger partial charge in [-0.2, -0.15) is 0 Å². The smallest absolute Gasteiger partial charge is 0.241 e. The molecule has 0 bridgehead atoms. The van der Waals surface area contributed by atoms with Gasteiger partial charge in [-0.15, -0.1) is 5.10 Å². The lowest BCUT2D eigenvalue weighted by molar-refractivity contribution is -0.00443. The highest BCUT2D eigenvalue weighted by molar-refractivity contribution is 5.88. The lowest BCUT2D eigenvalue weighted by atomic mass is 9.85. The average molecular weight is 464 g/mol. The van der Waals surface area contributed by atoms with Crippen LogP contribution in [0.25, 0.3) is 27.7 Å². The molecule has 2 aliphatic rings. The molecule has 6 rings (SSSR count). The maximum absolute atomic E-state index is 15.0. The average Bonchev–Trinajstić information content (AvgIpc) is 3.37. The topological polar surface area (TPSA) is 72.5 Å². The molecule has 1 aromatic carbocycles. The van der Waals surface area contributed by atoms with Crippen LogP contribution in [0.15, 0.2) is 30.6 Å².